The third kappa shape index (κ3) is 4.95. The summed E-state index contributed by atoms with van der Waals surface area (Å²) in [6, 6.07) is 0.706. The molecule has 1 aliphatic rings. The van der Waals surface area contributed by atoms with Crippen LogP contribution >= 0.6 is 24.8 Å². The smallest absolute Gasteiger partial charge is 0.0922 e. The summed E-state index contributed by atoms with van der Waals surface area (Å²) in [5, 5.41) is 0. The molecule has 0 aliphatic carbocycles. The molecule has 1 N–H and O–H groups in total. The van der Waals surface area contributed by atoms with Crippen LogP contribution in [-0.4, -0.2) is 53.0 Å². The molecule has 1 aromatic rings. The minimum Gasteiger partial charge on any atom is -0.347 e. The van der Waals surface area contributed by atoms with Gasteiger partial charge in [0.05, 0.1) is 6.33 Å². The van der Waals surface area contributed by atoms with Gasteiger partial charge in [-0.05, 0) is 26.4 Å². The maximum atomic E-state index is 4.08. The molecule has 0 bridgehead atoms. The lowest BCUT2D eigenvalue weighted by molar-refractivity contribution is 0.238. The van der Waals surface area contributed by atoms with Gasteiger partial charge in [-0.3, -0.25) is 4.90 Å². The van der Waals surface area contributed by atoms with E-state index in [0.717, 1.165) is 12.5 Å². The van der Waals surface area contributed by atoms with Gasteiger partial charge in [0.2, 0.25) is 0 Å². The second-order valence-electron chi connectivity index (χ2n) is 5.35. The summed E-state index contributed by atoms with van der Waals surface area (Å²) >= 11 is 0. The Morgan fingerprint density at radius 1 is 1.37 bits per heavy atom. The zero-order valence-electron chi connectivity index (χ0n) is 12.0. The van der Waals surface area contributed by atoms with Gasteiger partial charge < -0.3 is 9.88 Å². The number of aromatic nitrogens is 2. The summed E-state index contributed by atoms with van der Waals surface area (Å²) in [7, 11) is 4.40. The Morgan fingerprint density at radius 3 is 2.63 bits per heavy atom. The van der Waals surface area contributed by atoms with Crippen molar-refractivity contribution in [3.63, 3.8) is 0 Å². The lowest BCUT2D eigenvalue weighted by Crippen LogP contribution is -2.35. The summed E-state index contributed by atoms with van der Waals surface area (Å²) in [5.41, 5.74) is 1.22. The number of H-pyrrole nitrogens is 1. The largest absolute Gasteiger partial charge is 0.347 e. The van der Waals surface area contributed by atoms with E-state index in [9.17, 15) is 0 Å². The topological polar surface area (TPSA) is 35.2 Å². The number of likely N-dealkylation sites (tertiary alicyclic amines) is 1. The van der Waals surface area contributed by atoms with Crippen LogP contribution in [0.4, 0.5) is 0 Å². The van der Waals surface area contributed by atoms with Crippen LogP contribution in [0.5, 0.6) is 0 Å². The number of likely N-dealkylation sites (N-methyl/N-ethyl adjacent to an activating group) is 1. The molecule has 0 spiro atoms. The zero-order valence-corrected chi connectivity index (χ0v) is 13.6. The number of hydrogen-bond donors (Lipinski definition) is 1. The average Bonchev–Trinajstić information content (AvgIpc) is 2.89. The number of nitrogens with one attached hydrogen (secondary N) is 1. The Bertz CT molecular complexity index is 329. The van der Waals surface area contributed by atoms with E-state index in [-0.39, 0.29) is 24.8 Å². The minimum absolute atomic E-state index is 0. The van der Waals surface area contributed by atoms with Gasteiger partial charge in [-0.1, -0.05) is 13.3 Å². The molecule has 19 heavy (non-hydrogen) atoms. The molecule has 2 heterocycles. The number of aromatic amines is 1. The quantitative estimate of drug-likeness (QED) is 0.907. The van der Waals surface area contributed by atoms with E-state index in [1.807, 2.05) is 6.20 Å². The van der Waals surface area contributed by atoms with Crippen LogP contribution in [0.15, 0.2) is 12.5 Å². The molecular formula is C13H26Cl2N4. The van der Waals surface area contributed by atoms with Crippen LogP contribution < -0.4 is 0 Å². The molecule has 6 heteroatoms. The van der Waals surface area contributed by atoms with Gasteiger partial charge in [0, 0.05) is 37.6 Å². The predicted molar refractivity (Wildman–Crippen MR) is 84.2 cm³/mol. The summed E-state index contributed by atoms with van der Waals surface area (Å²) in [6.45, 7) is 5.68. The highest BCUT2D eigenvalue weighted by Crippen LogP contribution is 2.25. The van der Waals surface area contributed by atoms with Crippen LogP contribution in [0.2, 0.25) is 0 Å². The highest BCUT2D eigenvalue weighted by Gasteiger charge is 2.33. The number of hydrogen-bond acceptors (Lipinski definition) is 3. The zero-order chi connectivity index (χ0) is 12.3. The molecule has 0 amide bonds. The molecule has 1 saturated heterocycles. The number of imidazole rings is 1. The predicted octanol–water partition coefficient (Wildman–Crippen LogP) is 2.42. The second kappa shape index (κ2) is 8.80. The van der Waals surface area contributed by atoms with Crippen molar-refractivity contribution in [3.8, 4) is 0 Å². The number of nitrogens with zero attached hydrogens (tertiary/aromatic N) is 3. The van der Waals surface area contributed by atoms with Crippen molar-refractivity contribution in [2.45, 2.75) is 32.4 Å². The Labute approximate surface area is 128 Å². The van der Waals surface area contributed by atoms with Gasteiger partial charge >= 0.3 is 0 Å². The van der Waals surface area contributed by atoms with Crippen LogP contribution in [0.3, 0.4) is 0 Å². The molecule has 112 valence electrons. The summed E-state index contributed by atoms with van der Waals surface area (Å²) in [4.78, 5) is 12.2. The van der Waals surface area contributed by atoms with Crippen LogP contribution in [0, 0.1) is 5.92 Å². The highest BCUT2D eigenvalue weighted by molar-refractivity contribution is 5.85. The first-order valence-electron chi connectivity index (χ1n) is 6.56. The monoisotopic (exact) mass is 308 g/mol. The number of rotatable bonds is 5. The van der Waals surface area contributed by atoms with Crippen molar-refractivity contribution < 1.29 is 0 Å². The van der Waals surface area contributed by atoms with Gasteiger partial charge in [-0.2, -0.15) is 0 Å². The summed E-state index contributed by atoms with van der Waals surface area (Å²) < 4.78 is 0. The van der Waals surface area contributed by atoms with Crippen molar-refractivity contribution in [1.29, 1.82) is 0 Å². The van der Waals surface area contributed by atoms with Gasteiger partial charge in [-0.15, -0.1) is 24.8 Å². The normalized spacial score (nSPS) is 23.2. The van der Waals surface area contributed by atoms with Crippen LogP contribution in [0.1, 0.15) is 25.5 Å². The SMILES string of the molecule is CCC[C@H]1CN(Cc2cnc[nH]2)C[C@@H]1N(C)C.Cl.Cl. The van der Waals surface area contributed by atoms with Crippen molar-refractivity contribution in [3.05, 3.63) is 18.2 Å². The molecule has 2 atom stereocenters. The van der Waals surface area contributed by atoms with Gasteiger partial charge in [-0.25, -0.2) is 4.98 Å². The van der Waals surface area contributed by atoms with Crippen molar-refractivity contribution in [2.24, 2.45) is 5.92 Å². The lowest BCUT2D eigenvalue weighted by atomic mass is 9.98. The van der Waals surface area contributed by atoms with E-state index >= 15 is 0 Å². The Balaban J connectivity index is 0.00000162. The fourth-order valence-electron chi connectivity index (χ4n) is 2.92. The Kier molecular flexibility index (Phi) is 8.66. The minimum atomic E-state index is 0. The summed E-state index contributed by atoms with van der Waals surface area (Å²) in [6.07, 6.45) is 6.31. The maximum absolute atomic E-state index is 4.08. The van der Waals surface area contributed by atoms with E-state index in [0.29, 0.717) is 6.04 Å². The third-order valence-corrected chi connectivity index (χ3v) is 3.75. The van der Waals surface area contributed by atoms with Gasteiger partial charge in [0.15, 0.2) is 0 Å². The molecule has 0 saturated carbocycles. The van der Waals surface area contributed by atoms with E-state index in [4.69, 9.17) is 0 Å². The first-order valence-corrected chi connectivity index (χ1v) is 6.56. The molecule has 4 nitrogen and oxygen atoms in total. The molecule has 0 radical (unpaired) electrons. The van der Waals surface area contributed by atoms with E-state index in [2.05, 4.69) is 40.8 Å². The van der Waals surface area contributed by atoms with E-state index < -0.39 is 0 Å². The fourth-order valence-corrected chi connectivity index (χ4v) is 2.92. The molecule has 1 aromatic heterocycles. The fraction of sp³-hybridized carbons (Fsp3) is 0.769. The first-order chi connectivity index (χ1) is 8.20. The van der Waals surface area contributed by atoms with E-state index in [1.165, 1.54) is 31.6 Å². The molecule has 0 unspecified atom stereocenters. The molecule has 1 aliphatic heterocycles. The third-order valence-electron chi connectivity index (χ3n) is 3.75. The van der Waals surface area contributed by atoms with E-state index in [1.54, 1.807) is 6.33 Å². The Hall–Kier alpha value is -0.290. The summed E-state index contributed by atoms with van der Waals surface area (Å²) in [5.74, 6) is 0.818. The van der Waals surface area contributed by atoms with Gasteiger partial charge in [0.1, 0.15) is 0 Å². The molecular weight excluding hydrogens is 283 g/mol. The standard InChI is InChI=1S/C13H24N4.2ClH/c1-4-5-11-7-17(9-13(11)16(2)3)8-12-6-14-10-15-12;;/h6,10-11,13H,4-5,7-9H2,1-3H3,(H,14,15);2*1H/t11-,13-;;/m0../s1. The van der Waals surface area contributed by atoms with Crippen molar-refractivity contribution >= 4 is 24.8 Å². The first kappa shape index (κ1) is 18.7. The molecule has 1 fully saturated rings. The van der Waals surface area contributed by atoms with Crippen molar-refractivity contribution in [2.75, 3.05) is 27.2 Å². The maximum Gasteiger partial charge on any atom is 0.0922 e. The average molecular weight is 309 g/mol. The molecule has 0 aromatic carbocycles. The lowest BCUT2D eigenvalue weighted by Gasteiger charge is -2.24. The number of halogens is 2. The van der Waals surface area contributed by atoms with Gasteiger partial charge in [0.25, 0.3) is 0 Å². The Morgan fingerprint density at radius 2 is 2.11 bits per heavy atom. The highest BCUT2D eigenvalue weighted by atomic mass is 35.5. The second-order valence-corrected chi connectivity index (χ2v) is 5.35. The molecule has 2 rings (SSSR count). The van der Waals surface area contributed by atoms with Crippen LogP contribution in [0.25, 0.3) is 0 Å². The van der Waals surface area contributed by atoms with Crippen LogP contribution in [-0.2, 0) is 6.54 Å². The van der Waals surface area contributed by atoms with Crippen molar-refractivity contribution in [1.82, 2.24) is 19.8 Å².